The van der Waals surface area contributed by atoms with Crippen LogP contribution < -0.4 is 11.3 Å². The molecule has 3 aromatic rings. The molecule has 2 aromatic heterocycles. The molecule has 0 aliphatic carbocycles. The van der Waals surface area contributed by atoms with Crippen LogP contribution in [0.5, 0.6) is 0 Å². The topological polar surface area (TPSA) is 109 Å². The van der Waals surface area contributed by atoms with Gasteiger partial charge in [-0.25, -0.2) is 4.98 Å². The highest BCUT2D eigenvalue weighted by atomic mass is 32.2. The fourth-order valence-electron chi connectivity index (χ4n) is 2.39. The number of thioether (sulfide) groups is 1. The van der Waals surface area contributed by atoms with Crippen molar-refractivity contribution in [2.75, 3.05) is 0 Å². The minimum Gasteiger partial charge on any atom is -0.368 e. The van der Waals surface area contributed by atoms with Crippen molar-refractivity contribution < 1.29 is 4.79 Å². The summed E-state index contributed by atoms with van der Waals surface area (Å²) in [5, 5.41) is 9.04. The third-order valence-electron chi connectivity index (χ3n) is 3.49. The van der Waals surface area contributed by atoms with Crippen LogP contribution in [-0.2, 0) is 23.6 Å². The van der Waals surface area contributed by atoms with E-state index in [1.807, 2.05) is 10.6 Å². The van der Waals surface area contributed by atoms with Crippen molar-refractivity contribution >= 4 is 28.6 Å². The van der Waals surface area contributed by atoms with E-state index in [1.165, 1.54) is 16.3 Å². The molecule has 25 heavy (non-hydrogen) atoms. The Balaban J connectivity index is 1.99. The smallest absolute Gasteiger partial charge is 0.261 e. The molecule has 0 atom stereocenters. The standard InChI is InChI=1S/C16H16N6O2S/c1-2-7-21-10-18-20-16(21)25-9-14-19-12-6-4-3-5-11(12)15(24)22(14)8-13(17)23/h2-6,10H,1,7-9H2,(H2,17,23). The number of primary amides is 1. The summed E-state index contributed by atoms with van der Waals surface area (Å²) in [6.07, 6.45) is 3.35. The number of allylic oxidation sites excluding steroid dienone is 1. The Kier molecular flexibility index (Phi) is 4.94. The number of fused-ring (bicyclic) bond motifs is 1. The van der Waals surface area contributed by atoms with Crippen molar-refractivity contribution in [3.05, 3.63) is 59.4 Å². The van der Waals surface area contributed by atoms with Gasteiger partial charge in [-0.15, -0.1) is 16.8 Å². The lowest BCUT2D eigenvalue weighted by Crippen LogP contribution is -2.31. The Bertz CT molecular complexity index is 994. The predicted octanol–water partition coefficient (Wildman–Crippen LogP) is 0.952. The number of nitrogens with two attached hydrogens (primary N) is 1. The number of hydrogen-bond acceptors (Lipinski definition) is 6. The number of aromatic nitrogens is 5. The molecule has 0 radical (unpaired) electrons. The molecule has 2 N–H and O–H groups in total. The van der Waals surface area contributed by atoms with Crippen LogP contribution in [0.1, 0.15) is 5.82 Å². The minimum absolute atomic E-state index is 0.216. The highest BCUT2D eigenvalue weighted by Crippen LogP contribution is 2.20. The summed E-state index contributed by atoms with van der Waals surface area (Å²) < 4.78 is 3.14. The lowest BCUT2D eigenvalue weighted by molar-refractivity contribution is -0.118. The minimum atomic E-state index is -0.597. The summed E-state index contributed by atoms with van der Waals surface area (Å²) in [5.74, 6) is 0.212. The van der Waals surface area contributed by atoms with Crippen molar-refractivity contribution in [3.8, 4) is 0 Å². The lowest BCUT2D eigenvalue weighted by Gasteiger charge is -2.12. The summed E-state index contributed by atoms with van der Waals surface area (Å²) in [6.45, 7) is 4.05. The zero-order valence-corrected chi connectivity index (χ0v) is 14.1. The van der Waals surface area contributed by atoms with Crippen LogP contribution >= 0.6 is 11.8 Å². The zero-order valence-electron chi connectivity index (χ0n) is 13.3. The quantitative estimate of drug-likeness (QED) is 0.499. The van der Waals surface area contributed by atoms with E-state index in [0.29, 0.717) is 34.2 Å². The first-order valence-electron chi connectivity index (χ1n) is 7.48. The molecule has 0 fully saturated rings. The van der Waals surface area contributed by atoms with Gasteiger partial charge in [0, 0.05) is 6.54 Å². The molecule has 3 rings (SSSR count). The fourth-order valence-corrected chi connectivity index (χ4v) is 3.26. The van der Waals surface area contributed by atoms with Gasteiger partial charge in [0.15, 0.2) is 5.16 Å². The molecular weight excluding hydrogens is 340 g/mol. The SMILES string of the molecule is C=CCn1cnnc1SCc1nc2ccccc2c(=O)n1CC(N)=O. The zero-order chi connectivity index (χ0) is 17.8. The molecule has 0 bridgehead atoms. The molecule has 1 amide bonds. The molecule has 0 spiro atoms. The van der Waals surface area contributed by atoms with Gasteiger partial charge in [0.05, 0.1) is 16.7 Å². The first-order valence-corrected chi connectivity index (χ1v) is 8.47. The highest BCUT2D eigenvalue weighted by Gasteiger charge is 2.14. The van der Waals surface area contributed by atoms with E-state index in [1.54, 1.807) is 30.6 Å². The average molecular weight is 356 g/mol. The largest absolute Gasteiger partial charge is 0.368 e. The second-order valence-electron chi connectivity index (χ2n) is 5.25. The molecule has 0 aliphatic heterocycles. The van der Waals surface area contributed by atoms with Crippen LogP contribution in [-0.4, -0.2) is 30.2 Å². The molecule has 8 nitrogen and oxygen atoms in total. The predicted molar refractivity (Wildman–Crippen MR) is 95.0 cm³/mol. The molecule has 0 saturated carbocycles. The van der Waals surface area contributed by atoms with E-state index in [2.05, 4.69) is 21.8 Å². The molecule has 9 heteroatoms. The maximum Gasteiger partial charge on any atom is 0.261 e. The van der Waals surface area contributed by atoms with Gasteiger partial charge in [-0.2, -0.15) is 0 Å². The van der Waals surface area contributed by atoms with E-state index in [0.717, 1.165) is 0 Å². The van der Waals surface area contributed by atoms with Gasteiger partial charge in [0.2, 0.25) is 5.91 Å². The monoisotopic (exact) mass is 356 g/mol. The summed E-state index contributed by atoms with van der Waals surface area (Å²) in [7, 11) is 0. The number of para-hydroxylation sites is 1. The van der Waals surface area contributed by atoms with Crippen molar-refractivity contribution in [1.82, 2.24) is 24.3 Å². The molecule has 0 saturated heterocycles. The second-order valence-corrected chi connectivity index (χ2v) is 6.19. The van der Waals surface area contributed by atoms with E-state index in [4.69, 9.17) is 5.73 Å². The van der Waals surface area contributed by atoms with Gasteiger partial charge in [0.25, 0.3) is 5.56 Å². The van der Waals surface area contributed by atoms with Crippen molar-refractivity contribution in [1.29, 1.82) is 0 Å². The summed E-state index contributed by atoms with van der Waals surface area (Å²) in [5.41, 5.74) is 5.59. The van der Waals surface area contributed by atoms with Crippen LogP contribution in [0.15, 0.2) is 53.2 Å². The third kappa shape index (κ3) is 3.61. The normalized spacial score (nSPS) is 10.9. The first kappa shape index (κ1) is 16.9. The van der Waals surface area contributed by atoms with Crippen LogP contribution in [0.25, 0.3) is 10.9 Å². The number of carbonyl (C=O) groups is 1. The van der Waals surface area contributed by atoms with Gasteiger partial charge in [0.1, 0.15) is 18.7 Å². The third-order valence-corrected chi connectivity index (χ3v) is 4.47. The Morgan fingerprint density at radius 1 is 1.36 bits per heavy atom. The van der Waals surface area contributed by atoms with Gasteiger partial charge in [-0.1, -0.05) is 30.0 Å². The lowest BCUT2D eigenvalue weighted by atomic mass is 10.2. The average Bonchev–Trinajstić information content (AvgIpc) is 3.03. The van der Waals surface area contributed by atoms with E-state index in [9.17, 15) is 9.59 Å². The van der Waals surface area contributed by atoms with Gasteiger partial charge >= 0.3 is 0 Å². The van der Waals surface area contributed by atoms with Crippen molar-refractivity contribution in [2.45, 2.75) is 24.0 Å². The fraction of sp³-hybridized carbons (Fsp3) is 0.188. The highest BCUT2D eigenvalue weighted by molar-refractivity contribution is 7.98. The number of hydrogen-bond donors (Lipinski definition) is 1. The van der Waals surface area contributed by atoms with Crippen LogP contribution in [0.3, 0.4) is 0 Å². The van der Waals surface area contributed by atoms with Gasteiger partial charge in [-0.05, 0) is 12.1 Å². The maximum absolute atomic E-state index is 12.7. The van der Waals surface area contributed by atoms with E-state index in [-0.39, 0.29) is 12.1 Å². The maximum atomic E-state index is 12.7. The number of amides is 1. The van der Waals surface area contributed by atoms with Gasteiger partial charge in [-0.3, -0.25) is 14.2 Å². The van der Waals surface area contributed by atoms with Crippen molar-refractivity contribution in [2.24, 2.45) is 5.73 Å². The van der Waals surface area contributed by atoms with Gasteiger partial charge < -0.3 is 10.3 Å². The Hall–Kier alpha value is -2.94. The van der Waals surface area contributed by atoms with Crippen molar-refractivity contribution in [3.63, 3.8) is 0 Å². The summed E-state index contributed by atoms with van der Waals surface area (Å²) >= 11 is 1.37. The molecule has 0 aliphatic rings. The number of nitrogens with zero attached hydrogens (tertiary/aromatic N) is 5. The molecular formula is C16H16N6O2S. The molecule has 128 valence electrons. The van der Waals surface area contributed by atoms with Crippen LogP contribution in [0.4, 0.5) is 0 Å². The molecule has 2 heterocycles. The first-order chi connectivity index (χ1) is 12.1. The Labute approximate surface area is 147 Å². The second kappa shape index (κ2) is 7.31. The Morgan fingerprint density at radius 2 is 2.16 bits per heavy atom. The molecule has 1 aromatic carbocycles. The number of rotatable bonds is 7. The van der Waals surface area contributed by atoms with E-state index >= 15 is 0 Å². The number of benzene rings is 1. The summed E-state index contributed by atoms with van der Waals surface area (Å²) in [4.78, 5) is 28.6. The number of carbonyl (C=O) groups excluding carboxylic acids is 1. The Morgan fingerprint density at radius 3 is 2.92 bits per heavy atom. The van der Waals surface area contributed by atoms with Crippen LogP contribution in [0.2, 0.25) is 0 Å². The van der Waals surface area contributed by atoms with Crippen LogP contribution in [0, 0.1) is 0 Å². The molecule has 0 unspecified atom stereocenters. The summed E-state index contributed by atoms with van der Waals surface area (Å²) in [6, 6.07) is 7.01. The van der Waals surface area contributed by atoms with E-state index < -0.39 is 5.91 Å².